The molecule has 1 rings (SSSR count). The maximum Gasteiger partial charge on any atom is 0.329 e. The Morgan fingerprint density at radius 3 is 1.92 bits per heavy atom. The van der Waals surface area contributed by atoms with Crippen molar-refractivity contribution in [2.75, 3.05) is 19.9 Å². The first-order valence-corrected chi connectivity index (χ1v) is 10.1. The van der Waals surface area contributed by atoms with Gasteiger partial charge in [0, 0.05) is 12.1 Å². The second-order valence-corrected chi connectivity index (χ2v) is 7.32. The van der Waals surface area contributed by atoms with E-state index in [0.717, 1.165) is 12.8 Å². The summed E-state index contributed by atoms with van der Waals surface area (Å²) < 4.78 is 0. The van der Waals surface area contributed by atoms with Gasteiger partial charge in [0.25, 0.3) is 5.91 Å². The predicted molar refractivity (Wildman–Crippen MR) is 102 cm³/mol. The SMILES string of the molecule is CCCCCC(C)NCN1CC(=O)N(CNC(C)CCCCC)C1=O. The van der Waals surface area contributed by atoms with Crippen LogP contribution in [0.1, 0.15) is 79.1 Å². The van der Waals surface area contributed by atoms with Crippen LogP contribution >= 0.6 is 0 Å². The van der Waals surface area contributed by atoms with E-state index in [9.17, 15) is 9.59 Å². The number of urea groups is 1. The van der Waals surface area contributed by atoms with Gasteiger partial charge in [-0.1, -0.05) is 52.4 Å². The highest BCUT2D eigenvalue weighted by molar-refractivity contribution is 6.01. The van der Waals surface area contributed by atoms with Gasteiger partial charge < -0.3 is 4.90 Å². The minimum absolute atomic E-state index is 0.112. The molecular weight excluding hydrogens is 316 g/mol. The molecule has 1 fully saturated rings. The van der Waals surface area contributed by atoms with Gasteiger partial charge >= 0.3 is 6.03 Å². The molecule has 0 bridgehead atoms. The van der Waals surface area contributed by atoms with Crippen molar-refractivity contribution in [3.05, 3.63) is 0 Å². The Hall–Kier alpha value is -1.14. The molecule has 6 nitrogen and oxygen atoms in total. The monoisotopic (exact) mass is 354 g/mol. The molecule has 0 aliphatic carbocycles. The van der Waals surface area contributed by atoms with Gasteiger partial charge in [-0.25, -0.2) is 9.69 Å². The summed E-state index contributed by atoms with van der Waals surface area (Å²) >= 11 is 0. The molecule has 3 amide bonds. The van der Waals surface area contributed by atoms with Crippen LogP contribution in [0.3, 0.4) is 0 Å². The highest BCUT2D eigenvalue weighted by Crippen LogP contribution is 2.10. The molecule has 1 heterocycles. The van der Waals surface area contributed by atoms with Gasteiger partial charge in [-0.2, -0.15) is 0 Å². The third-order valence-electron chi connectivity index (χ3n) is 4.84. The molecule has 1 aliphatic heterocycles. The second kappa shape index (κ2) is 12.3. The van der Waals surface area contributed by atoms with Crippen LogP contribution in [0.2, 0.25) is 0 Å². The van der Waals surface area contributed by atoms with Gasteiger partial charge in [0.15, 0.2) is 0 Å². The van der Waals surface area contributed by atoms with Gasteiger partial charge in [-0.05, 0) is 26.7 Å². The van der Waals surface area contributed by atoms with E-state index in [4.69, 9.17) is 0 Å². The lowest BCUT2D eigenvalue weighted by Crippen LogP contribution is -2.44. The fraction of sp³-hybridized carbons (Fsp3) is 0.895. The number of carbonyl (C=O) groups excluding carboxylic acids is 2. The molecule has 2 unspecified atom stereocenters. The number of amides is 3. The van der Waals surface area contributed by atoms with E-state index >= 15 is 0 Å². The summed E-state index contributed by atoms with van der Waals surface area (Å²) in [5.74, 6) is -0.112. The molecule has 0 radical (unpaired) electrons. The van der Waals surface area contributed by atoms with Crippen LogP contribution in [0.4, 0.5) is 4.79 Å². The normalized spacial score (nSPS) is 17.4. The molecule has 2 atom stereocenters. The summed E-state index contributed by atoms with van der Waals surface area (Å²) in [6.07, 6.45) is 9.43. The van der Waals surface area contributed by atoms with Gasteiger partial charge in [0.1, 0.15) is 6.54 Å². The number of hydrogen-bond donors (Lipinski definition) is 2. The first-order valence-electron chi connectivity index (χ1n) is 10.1. The Bertz CT molecular complexity index is 403. The lowest BCUT2D eigenvalue weighted by atomic mass is 10.1. The summed E-state index contributed by atoms with van der Waals surface area (Å²) in [5, 5.41) is 6.66. The fourth-order valence-electron chi connectivity index (χ4n) is 2.99. The standard InChI is InChI=1S/C19H38N4O2/c1-5-7-9-11-16(3)20-14-22-13-18(24)23(19(22)25)15-21-17(4)12-10-8-6-2/h16-17,20-21H,5-15H2,1-4H3. The zero-order valence-electron chi connectivity index (χ0n) is 16.6. The van der Waals surface area contributed by atoms with Crippen LogP contribution in [0.15, 0.2) is 0 Å². The first-order chi connectivity index (χ1) is 12.0. The Morgan fingerprint density at radius 1 is 0.880 bits per heavy atom. The maximum atomic E-state index is 12.4. The summed E-state index contributed by atoms with van der Waals surface area (Å²) in [7, 11) is 0. The quantitative estimate of drug-likeness (QED) is 0.371. The Balaban J connectivity index is 2.30. The molecule has 2 N–H and O–H groups in total. The van der Waals surface area contributed by atoms with Gasteiger partial charge in [-0.3, -0.25) is 15.4 Å². The molecular formula is C19H38N4O2. The van der Waals surface area contributed by atoms with Crippen molar-refractivity contribution >= 4 is 11.9 Å². The largest absolute Gasteiger partial charge is 0.329 e. The fourth-order valence-corrected chi connectivity index (χ4v) is 2.99. The van der Waals surface area contributed by atoms with Gasteiger partial charge in [0.05, 0.1) is 13.3 Å². The van der Waals surface area contributed by atoms with E-state index in [1.165, 1.54) is 43.4 Å². The van der Waals surface area contributed by atoms with E-state index in [1.807, 2.05) is 0 Å². The van der Waals surface area contributed by atoms with Gasteiger partial charge in [-0.15, -0.1) is 0 Å². The molecule has 0 spiro atoms. The van der Waals surface area contributed by atoms with Crippen LogP contribution in [0.5, 0.6) is 0 Å². The molecule has 146 valence electrons. The smallest absolute Gasteiger partial charge is 0.302 e. The van der Waals surface area contributed by atoms with Crippen LogP contribution in [0.25, 0.3) is 0 Å². The van der Waals surface area contributed by atoms with Crippen LogP contribution in [0, 0.1) is 0 Å². The number of hydrogen-bond acceptors (Lipinski definition) is 4. The van der Waals surface area contributed by atoms with Crippen molar-refractivity contribution < 1.29 is 9.59 Å². The molecule has 0 aromatic heterocycles. The number of rotatable bonds is 14. The van der Waals surface area contributed by atoms with E-state index in [0.29, 0.717) is 25.4 Å². The van der Waals surface area contributed by atoms with Crippen molar-refractivity contribution in [3.8, 4) is 0 Å². The summed E-state index contributed by atoms with van der Waals surface area (Å²) in [4.78, 5) is 27.5. The van der Waals surface area contributed by atoms with E-state index in [2.05, 4.69) is 38.3 Å². The third-order valence-corrected chi connectivity index (χ3v) is 4.84. The number of unbranched alkanes of at least 4 members (excludes halogenated alkanes) is 4. The number of nitrogens with zero attached hydrogens (tertiary/aromatic N) is 2. The Kier molecular flexibility index (Phi) is 10.7. The van der Waals surface area contributed by atoms with Crippen molar-refractivity contribution in [3.63, 3.8) is 0 Å². The zero-order valence-corrected chi connectivity index (χ0v) is 16.6. The van der Waals surface area contributed by atoms with E-state index < -0.39 is 0 Å². The number of carbonyl (C=O) groups is 2. The van der Waals surface area contributed by atoms with Crippen molar-refractivity contribution in [1.29, 1.82) is 0 Å². The predicted octanol–water partition coefficient (Wildman–Crippen LogP) is 3.28. The lowest BCUT2D eigenvalue weighted by Gasteiger charge is -2.22. The van der Waals surface area contributed by atoms with Crippen molar-refractivity contribution in [1.82, 2.24) is 20.4 Å². The summed E-state index contributed by atoms with van der Waals surface area (Å²) in [6.45, 7) is 9.56. The van der Waals surface area contributed by atoms with Crippen molar-refractivity contribution in [2.24, 2.45) is 0 Å². The Morgan fingerprint density at radius 2 is 1.40 bits per heavy atom. The molecule has 25 heavy (non-hydrogen) atoms. The molecule has 1 aliphatic rings. The van der Waals surface area contributed by atoms with E-state index in [1.54, 1.807) is 4.90 Å². The molecule has 0 aromatic rings. The first kappa shape index (κ1) is 21.9. The van der Waals surface area contributed by atoms with Crippen LogP contribution in [-0.4, -0.2) is 53.7 Å². The summed E-state index contributed by atoms with van der Waals surface area (Å²) in [6, 6.07) is 0.490. The topological polar surface area (TPSA) is 64.7 Å². The molecule has 0 saturated carbocycles. The maximum absolute atomic E-state index is 12.4. The van der Waals surface area contributed by atoms with Crippen LogP contribution in [-0.2, 0) is 4.79 Å². The highest BCUT2D eigenvalue weighted by Gasteiger charge is 2.35. The average molecular weight is 355 g/mol. The number of imide groups is 1. The highest BCUT2D eigenvalue weighted by atomic mass is 16.2. The summed E-state index contributed by atoms with van der Waals surface area (Å²) in [5.41, 5.74) is 0. The molecule has 1 saturated heterocycles. The van der Waals surface area contributed by atoms with Gasteiger partial charge in [0.2, 0.25) is 0 Å². The second-order valence-electron chi connectivity index (χ2n) is 7.32. The minimum atomic E-state index is -0.188. The average Bonchev–Trinajstić information content (AvgIpc) is 2.85. The zero-order chi connectivity index (χ0) is 18.7. The van der Waals surface area contributed by atoms with E-state index in [-0.39, 0.29) is 18.5 Å². The van der Waals surface area contributed by atoms with Crippen LogP contribution < -0.4 is 10.6 Å². The van der Waals surface area contributed by atoms with Crippen molar-refractivity contribution in [2.45, 2.75) is 91.1 Å². The molecule has 6 heteroatoms. The number of nitrogens with one attached hydrogen (secondary N) is 2. The Labute approximate surface area is 153 Å². The minimum Gasteiger partial charge on any atom is -0.302 e. The third kappa shape index (κ3) is 8.19. The lowest BCUT2D eigenvalue weighted by molar-refractivity contribution is -0.125. The molecule has 0 aromatic carbocycles.